The number of para-hydroxylation sites is 1. The van der Waals surface area contributed by atoms with Crippen molar-refractivity contribution in [3.8, 4) is 28.2 Å². The molecule has 9 heteroatoms. The van der Waals surface area contributed by atoms with Crippen LogP contribution in [0.1, 0.15) is 5.56 Å². The third-order valence-corrected chi connectivity index (χ3v) is 6.56. The van der Waals surface area contributed by atoms with Gasteiger partial charge in [-0.3, -0.25) is 9.59 Å². The fourth-order valence-electron chi connectivity index (χ4n) is 3.87. The van der Waals surface area contributed by atoms with Crippen molar-refractivity contribution in [2.75, 3.05) is 0 Å². The molecule has 3 aromatic carbocycles. The van der Waals surface area contributed by atoms with Crippen molar-refractivity contribution in [2.24, 2.45) is 0 Å². The second-order valence-corrected chi connectivity index (χ2v) is 8.97. The van der Waals surface area contributed by atoms with Crippen molar-refractivity contribution in [3.63, 3.8) is 0 Å². The van der Waals surface area contributed by atoms with Crippen molar-refractivity contribution in [1.29, 1.82) is 0 Å². The summed E-state index contributed by atoms with van der Waals surface area (Å²) in [5.74, 6) is -0.352. The summed E-state index contributed by atoms with van der Waals surface area (Å²) in [4.78, 5) is 30.2. The highest BCUT2D eigenvalue weighted by Gasteiger charge is 2.15. The number of rotatable bonds is 4. The molecule has 6 aromatic rings. The second kappa shape index (κ2) is 8.79. The third kappa shape index (κ3) is 3.91. The number of halogens is 1. The minimum absolute atomic E-state index is 0.110. The SMILES string of the molecule is O=c1nc2sc(=Cc3cn(-c4ccccc4)nc3-c3ccc(F)cc3)c(=O)n2nc1-c1ccccc1. The fraction of sp³-hybridized carbons (Fsp3) is 0. The molecule has 36 heavy (non-hydrogen) atoms. The lowest BCUT2D eigenvalue weighted by atomic mass is 10.1. The largest absolute Gasteiger partial charge is 0.300 e. The molecule has 6 rings (SSSR count). The Kier molecular flexibility index (Phi) is 5.31. The summed E-state index contributed by atoms with van der Waals surface area (Å²) >= 11 is 1.07. The number of benzene rings is 3. The molecular formula is C27H16FN5O2S. The number of nitrogens with zero attached hydrogens (tertiary/aromatic N) is 5. The first-order valence-corrected chi connectivity index (χ1v) is 11.8. The van der Waals surface area contributed by atoms with Crippen LogP contribution in [0.25, 0.3) is 39.2 Å². The van der Waals surface area contributed by atoms with Gasteiger partial charge < -0.3 is 0 Å². The van der Waals surface area contributed by atoms with Crippen molar-refractivity contribution in [1.82, 2.24) is 24.4 Å². The van der Waals surface area contributed by atoms with E-state index in [1.807, 2.05) is 36.4 Å². The van der Waals surface area contributed by atoms with Crippen LogP contribution in [0.5, 0.6) is 0 Å². The summed E-state index contributed by atoms with van der Waals surface area (Å²) in [7, 11) is 0. The predicted molar refractivity (Wildman–Crippen MR) is 137 cm³/mol. The molecular weight excluding hydrogens is 477 g/mol. The number of hydrogen-bond acceptors (Lipinski definition) is 6. The Morgan fingerprint density at radius 2 is 1.44 bits per heavy atom. The van der Waals surface area contributed by atoms with E-state index < -0.39 is 11.1 Å². The van der Waals surface area contributed by atoms with Crippen molar-refractivity contribution in [2.45, 2.75) is 0 Å². The van der Waals surface area contributed by atoms with Crippen LogP contribution in [0.15, 0.2) is 101 Å². The van der Waals surface area contributed by atoms with E-state index in [1.165, 1.54) is 12.1 Å². The molecule has 0 bridgehead atoms. The topological polar surface area (TPSA) is 82.1 Å². The van der Waals surface area contributed by atoms with Gasteiger partial charge in [-0.15, -0.1) is 0 Å². The van der Waals surface area contributed by atoms with E-state index >= 15 is 0 Å². The lowest BCUT2D eigenvalue weighted by Gasteiger charge is -2.00. The quantitative estimate of drug-likeness (QED) is 0.374. The zero-order chi connectivity index (χ0) is 24.6. The third-order valence-electron chi connectivity index (χ3n) is 5.60. The molecule has 0 aliphatic rings. The van der Waals surface area contributed by atoms with Gasteiger partial charge >= 0.3 is 5.56 Å². The molecule has 0 N–H and O–H groups in total. The van der Waals surface area contributed by atoms with Gasteiger partial charge in [0.1, 0.15) is 11.5 Å². The summed E-state index contributed by atoms with van der Waals surface area (Å²) in [5, 5.41) is 9.01. The van der Waals surface area contributed by atoms with Gasteiger partial charge in [-0.25, -0.2) is 9.07 Å². The Morgan fingerprint density at radius 1 is 0.778 bits per heavy atom. The Balaban J connectivity index is 1.55. The van der Waals surface area contributed by atoms with Crippen LogP contribution < -0.4 is 15.7 Å². The van der Waals surface area contributed by atoms with Gasteiger partial charge in [-0.1, -0.05) is 59.9 Å². The Labute approximate surface area is 207 Å². The lowest BCUT2D eigenvalue weighted by Crippen LogP contribution is -2.26. The highest BCUT2D eigenvalue weighted by Crippen LogP contribution is 2.25. The van der Waals surface area contributed by atoms with E-state index in [9.17, 15) is 14.0 Å². The standard InChI is InChI=1S/C27H16FN5O2S/c28-20-13-11-18(12-14-20)23-19(16-32(30-23)21-9-5-2-6-10-21)15-22-26(35)33-27(36-22)29-25(34)24(31-33)17-7-3-1-4-8-17/h1-16H. The average Bonchev–Trinajstić information content (AvgIpc) is 3.46. The first kappa shape index (κ1) is 21.8. The molecule has 0 fully saturated rings. The minimum atomic E-state index is -0.502. The van der Waals surface area contributed by atoms with Crippen LogP contribution in [0.3, 0.4) is 0 Å². The molecule has 0 aliphatic carbocycles. The number of thiazole rings is 1. The summed E-state index contributed by atoms with van der Waals surface area (Å²) < 4.78 is 16.8. The normalized spacial score (nSPS) is 11.9. The molecule has 0 amide bonds. The van der Waals surface area contributed by atoms with Gasteiger partial charge in [0.25, 0.3) is 5.56 Å². The van der Waals surface area contributed by atoms with Crippen LogP contribution in [0.4, 0.5) is 4.39 Å². The van der Waals surface area contributed by atoms with E-state index in [0.717, 1.165) is 21.5 Å². The first-order chi connectivity index (χ1) is 17.6. The summed E-state index contributed by atoms with van der Waals surface area (Å²) in [6.07, 6.45) is 3.50. The summed E-state index contributed by atoms with van der Waals surface area (Å²) in [6, 6.07) is 24.4. The number of aromatic nitrogens is 5. The molecule has 0 spiro atoms. The monoisotopic (exact) mass is 493 g/mol. The molecule has 0 aliphatic heterocycles. The zero-order valence-corrected chi connectivity index (χ0v) is 19.4. The number of hydrogen-bond donors (Lipinski definition) is 0. The van der Waals surface area contributed by atoms with E-state index in [1.54, 1.807) is 53.4 Å². The van der Waals surface area contributed by atoms with E-state index in [4.69, 9.17) is 5.10 Å². The van der Waals surface area contributed by atoms with Gasteiger partial charge in [0, 0.05) is 22.9 Å². The lowest BCUT2D eigenvalue weighted by molar-refractivity contribution is 0.628. The van der Waals surface area contributed by atoms with Crippen LogP contribution >= 0.6 is 11.3 Å². The second-order valence-electron chi connectivity index (χ2n) is 7.96. The van der Waals surface area contributed by atoms with E-state index in [0.29, 0.717) is 26.9 Å². The van der Waals surface area contributed by atoms with Crippen molar-refractivity contribution in [3.05, 3.63) is 128 Å². The Hall–Kier alpha value is -4.76. The molecule has 0 saturated carbocycles. The molecule has 174 valence electrons. The molecule has 7 nitrogen and oxygen atoms in total. The predicted octanol–water partition coefficient (Wildman–Crippen LogP) is 3.72. The fourth-order valence-corrected chi connectivity index (χ4v) is 4.76. The van der Waals surface area contributed by atoms with E-state index in [2.05, 4.69) is 10.1 Å². The summed E-state index contributed by atoms with van der Waals surface area (Å²) in [6.45, 7) is 0. The molecule has 3 heterocycles. The van der Waals surface area contributed by atoms with Gasteiger partial charge in [-0.2, -0.15) is 19.7 Å². The van der Waals surface area contributed by atoms with Gasteiger partial charge in [0.05, 0.1) is 10.2 Å². The maximum absolute atomic E-state index is 13.6. The van der Waals surface area contributed by atoms with E-state index in [-0.39, 0.29) is 16.5 Å². The van der Waals surface area contributed by atoms with Crippen LogP contribution in [-0.4, -0.2) is 24.4 Å². The minimum Gasteiger partial charge on any atom is -0.266 e. The Morgan fingerprint density at radius 3 is 2.17 bits per heavy atom. The molecule has 0 saturated heterocycles. The summed E-state index contributed by atoms with van der Waals surface area (Å²) in [5.41, 5.74) is 2.57. The van der Waals surface area contributed by atoms with Gasteiger partial charge in [0.15, 0.2) is 5.69 Å². The van der Waals surface area contributed by atoms with Gasteiger partial charge in [0.2, 0.25) is 4.96 Å². The molecule has 0 radical (unpaired) electrons. The van der Waals surface area contributed by atoms with Crippen molar-refractivity contribution < 1.29 is 4.39 Å². The van der Waals surface area contributed by atoms with Crippen LogP contribution in [0, 0.1) is 5.82 Å². The Bertz CT molecular complexity index is 1880. The highest BCUT2D eigenvalue weighted by atomic mass is 32.1. The molecule has 3 aromatic heterocycles. The van der Waals surface area contributed by atoms with Crippen molar-refractivity contribution >= 4 is 22.4 Å². The first-order valence-electron chi connectivity index (χ1n) is 11.0. The average molecular weight is 494 g/mol. The number of fused-ring (bicyclic) bond motifs is 1. The highest BCUT2D eigenvalue weighted by molar-refractivity contribution is 7.15. The molecule has 0 atom stereocenters. The zero-order valence-electron chi connectivity index (χ0n) is 18.6. The molecule has 0 unspecified atom stereocenters. The smallest absolute Gasteiger partial charge is 0.266 e. The maximum atomic E-state index is 13.6. The maximum Gasteiger partial charge on any atom is 0.300 e. The van der Waals surface area contributed by atoms with Crippen LogP contribution in [0.2, 0.25) is 0 Å². The van der Waals surface area contributed by atoms with Crippen LogP contribution in [-0.2, 0) is 0 Å². The van der Waals surface area contributed by atoms with Gasteiger partial charge in [-0.05, 0) is 42.5 Å².